The van der Waals surface area contributed by atoms with Crippen LogP contribution in [0.5, 0.6) is 5.75 Å². The van der Waals surface area contributed by atoms with Crippen LogP contribution in [-0.4, -0.2) is 10.9 Å². The van der Waals surface area contributed by atoms with Gasteiger partial charge in [-0.25, -0.2) is 0 Å². The lowest BCUT2D eigenvalue weighted by Gasteiger charge is -2.09. The zero-order valence-electron chi connectivity index (χ0n) is 9.98. The minimum Gasteiger partial charge on any atom is -0.505 e. The van der Waals surface area contributed by atoms with E-state index in [9.17, 15) is 9.90 Å². The first-order chi connectivity index (χ1) is 8.49. The minimum absolute atomic E-state index is 0.125. The average Bonchev–Trinajstić information content (AvgIpc) is 2.33. The molecule has 90 valence electrons. The van der Waals surface area contributed by atoms with E-state index in [0.29, 0.717) is 0 Å². The Morgan fingerprint density at radius 1 is 1.39 bits per heavy atom. The molecule has 0 aromatic heterocycles. The summed E-state index contributed by atoms with van der Waals surface area (Å²) in [6, 6.07) is 6.55. The summed E-state index contributed by atoms with van der Waals surface area (Å²) in [5.41, 5.74) is 1.13. The Morgan fingerprint density at radius 2 is 2.00 bits per heavy atom. The number of anilines is 1. The van der Waals surface area contributed by atoms with E-state index in [1.807, 2.05) is 0 Å². The third kappa shape index (κ3) is 2.87. The Kier molecular flexibility index (Phi) is 4.07. The van der Waals surface area contributed by atoms with E-state index in [1.54, 1.807) is 31.2 Å². The van der Waals surface area contributed by atoms with Gasteiger partial charge in [0.25, 0.3) is 0 Å². The highest BCUT2D eigenvalue weighted by Crippen LogP contribution is 2.29. The fourth-order valence-electron chi connectivity index (χ4n) is 1.40. The molecule has 0 atom stereocenters. The van der Waals surface area contributed by atoms with Crippen LogP contribution >= 0.6 is 0 Å². The number of hydrogen-bond donors (Lipinski definition) is 2. The van der Waals surface area contributed by atoms with Crippen molar-refractivity contribution in [2.75, 3.05) is 5.32 Å². The van der Waals surface area contributed by atoms with E-state index in [4.69, 9.17) is 10.5 Å². The second-order valence-corrected chi connectivity index (χ2v) is 3.69. The Bertz CT molecular complexity index is 588. The van der Waals surface area contributed by atoms with Crippen LogP contribution in [0.2, 0.25) is 0 Å². The third-order valence-corrected chi connectivity index (χ3v) is 2.25. The Labute approximate surface area is 105 Å². The van der Waals surface area contributed by atoms with Crippen LogP contribution in [0.25, 0.3) is 0 Å². The van der Waals surface area contributed by atoms with E-state index in [-0.39, 0.29) is 28.4 Å². The van der Waals surface area contributed by atoms with Crippen molar-refractivity contribution < 1.29 is 9.90 Å². The molecule has 0 bridgehead atoms. The van der Waals surface area contributed by atoms with Gasteiger partial charge in [0.2, 0.25) is 0 Å². The van der Waals surface area contributed by atoms with E-state index < -0.39 is 0 Å². The number of phenolic OH excluding ortho intramolecular Hbond substituents is 1. The summed E-state index contributed by atoms with van der Waals surface area (Å²) in [6.07, 6.45) is 1.18. The highest BCUT2D eigenvalue weighted by Gasteiger charge is 2.11. The van der Waals surface area contributed by atoms with Crippen molar-refractivity contribution in [2.45, 2.75) is 13.8 Å². The predicted octanol–water partition coefficient (Wildman–Crippen LogP) is 2.25. The number of Topliss-reactive ketones (excluding diaryl/α,β-unsaturated/α-hetero) is 1. The molecule has 0 saturated carbocycles. The normalized spacial score (nSPS) is 8.89. The van der Waals surface area contributed by atoms with E-state index in [2.05, 4.69) is 5.32 Å². The van der Waals surface area contributed by atoms with Crippen molar-refractivity contribution in [1.29, 1.82) is 10.5 Å². The lowest BCUT2D eigenvalue weighted by atomic mass is 10.1. The number of aromatic hydroxyl groups is 1. The standard InChI is InChI=1S/C13H11N3O2/c1-8-3-11(9(2)17)13(18)12(4-8)16-7-10(5-14)6-15/h3-4,7,16,18H,1-2H3. The van der Waals surface area contributed by atoms with Gasteiger partial charge in [-0.15, -0.1) is 0 Å². The number of carbonyl (C=O) groups excluding carboxylic acids is 1. The summed E-state index contributed by atoms with van der Waals surface area (Å²) in [5.74, 6) is -0.455. The molecule has 1 aromatic rings. The molecule has 0 saturated heterocycles. The van der Waals surface area contributed by atoms with Crippen LogP contribution in [-0.2, 0) is 0 Å². The highest BCUT2D eigenvalue weighted by atomic mass is 16.3. The van der Waals surface area contributed by atoms with Gasteiger partial charge in [0.05, 0.1) is 11.3 Å². The van der Waals surface area contributed by atoms with Gasteiger partial charge < -0.3 is 10.4 Å². The van der Waals surface area contributed by atoms with Crippen LogP contribution in [0.3, 0.4) is 0 Å². The van der Waals surface area contributed by atoms with Crippen LogP contribution in [0.1, 0.15) is 22.8 Å². The number of benzene rings is 1. The molecule has 0 aliphatic carbocycles. The average molecular weight is 241 g/mol. The van der Waals surface area contributed by atoms with Gasteiger partial charge >= 0.3 is 0 Å². The molecular weight excluding hydrogens is 230 g/mol. The van der Waals surface area contributed by atoms with Gasteiger partial charge in [-0.05, 0) is 31.5 Å². The number of phenols is 1. The van der Waals surface area contributed by atoms with Gasteiger partial charge in [0, 0.05) is 6.20 Å². The van der Waals surface area contributed by atoms with Crippen molar-refractivity contribution in [2.24, 2.45) is 0 Å². The van der Waals surface area contributed by atoms with Crippen molar-refractivity contribution in [3.63, 3.8) is 0 Å². The minimum atomic E-state index is -0.260. The van der Waals surface area contributed by atoms with Crippen LogP contribution in [0.15, 0.2) is 23.9 Å². The summed E-state index contributed by atoms with van der Waals surface area (Å²) in [5, 5.41) is 29.7. The first-order valence-corrected chi connectivity index (χ1v) is 5.11. The smallest absolute Gasteiger partial charge is 0.163 e. The molecule has 0 spiro atoms. The van der Waals surface area contributed by atoms with E-state index >= 15 is 0 Å². The van der Waals surface area contributed by atoms with Gasteiger partial charge in [-0.1, -0.05) is 0 Å². The quantitative estimate of drug-likeness (QED) is 0.480. The lowest BCUT2D eigenvalue weighted by Crippen LogP contribution is -1.98. The molecule has 0 aliphatic rings. The zero-order valence-corrected chi connectivity index (χ0v) is 9.98. The van der Waals surface area contributed by atoms with Crippen LogP contribution in [0.4, 0.5) is 5.69 Å². The second kappa shape index (κ2) is 5.51. The summed E-state index contributed by atoms with van der Waals surface area (Å²) in [7, 11) is 0. The molecule has 1 rings (SSSR count). The molecule has 1 aromatic carbocycles. The van der Waals surface area contributed by atoms with Gasteiger partial charge in [0.15, 0.2) is 5.78 Å². The molecule has 0 fully saturated rings. The number of ketones is 1. The first kappa shape index (κ1) is 13.3. The molecule has 0 aliphatic heterocycles. The molecule has 18 heavy (non-hydrogen) atoms. The highest BCUT2D eigenvalue weighted by molar-refractivity contribution is 5.98. The Morgan fingerprint density at radius 3 is 2.50 bits per heavy atom. The fraction of sp³-hybridized carbons (Fsp3) is 0.154. The first-order valence-electron chi connectivity index (χ1n) is 5.11. The number of carbonyl (C=O) groups is 1. The van der Waals surface area contributed by atoms with E-state index in [0.717, 1.165) is 5.56 Å². The third-order valence-electron chi connectivity index (χ3n) is 2.25. The maximum Gasteiger partial charge on any atom is 0.163 e. The number of hydrogen-bond acceptors (Lipinski definition) is 5. The van der Waals surface area contributed by atoms with Crippen LogP contribution < -0.4 is 5.32 Å². The second-order valence-electron chi connectivity index (χ2n) is 3.69. The fourth-order valence-corrected chi connectivity index (χ4v) is 1.40. The Hall–Kier alpha value is -2.79. The maximum absolute atomic E-state index is 11.3. The van der Waals surface area contributed by atoms with Crippen molar-refractivity contribution in [3.05, 3.63) is 35.0 Å². The Balaban J connectivity index is 3.20. The number of allylic oxidation sites excluding steroid dienone is 1. The monoisotopic (exact) mass is 241 g/mol. The predicted molar refractivity (Wildman–Crippen MR) is 65.8 cm³/mol. The maximum atomic E-state index is 11.3. The van der Waals surface area contributed by atoms with Gasteiger partial charge in [-0.3, -0.25) is 4.79 Å². The van der Waals surface area contributed by atoms with Crippen LogP contribution in [0, 0.1) is 29.6 Å². The number of rotatable bonds is 3. The number of nitrogens with zero attached hydrogens (tertiary/aromatic N) is 2. The number of nitrogens with one attached hydrogen (secondary N) is 1. The van der Waals surface area contributed by atoms with Gasteiger partial charge in [0.1, 0.15) is 23.5 Å². The zero-order chi connectivity index (χ0) is 13.7. The molecule has 0 unspecified atom stereocenters. The molecule has 5 heteroatoms. The lowest BCUT2D eigenvalue weighted by molar-refractivity contribution is 0.101. The van der Waals surface area contributed by atoms with Crippen molar-refractivity contribution in [3.8, 4) is 17.9 Å². The number of nitriles is 2. The number of aryl methyl sites for hydroxylation is 1. The topological polar surface area (TPSA) is 96.9 Å². The summed E-state index contributed by atoms with van der Waals surface area (Å²) in [4.78, 5) is 11.3. The van der Waals surface area contributed by atoms with E-state index in [1.165, 1.54) is 13.1 Å². The molecule has 2 N–H and O–H groups in total. The summed E-state index contributed by atoms with van der Waals surface area (Å²) in [6.45, 7) is 3.13. The molecular formula is C13H11N3O2. The SMILES string of the molecule is CC(=O)c1cc(C)cc(NC=C(C#N)C#N)c1O. The molecule has 5 nitrogen and oxygen atoms in total. The summed E-state index contributed by atoms with van der Waals surface area (Å²) >= 11 is 0. The van der Waals surface area contributed by atoms with Crippen molar-refractivity contribution in [1.82, 2.24) is 0 Å². The summed E-state index contributed by atoms with van der Waals surface area (Å²) < 4.78 is 0. The molecule has 0 radical (unpaired) electrons. The molecule has 0 heterocycles. The largest absolute Gasteiger partial charge is 0.505 e. The van der Waals surface area contributed by atoms with Gasteiger partial charge in [-0.2, -0.15) is 10.5 Å². The molecule has 0 amide bonds. The van der Waals surface area contributed by atoms with Crippen molar-refractivity contribution >= 4 is 11.5 Å².